The topological polar surface area (TPSA) is 91.8 Å². The quantitative estimate of drug-likeness (QED) is 0.787. The van der Waals surface area contributed by atoms with Crippen LogP contribution < -0.4 is 5.56 Å². The lowest BCUT2D eigenvalue weighted by Gasteiger charge is -2.25. The van der Waals surface area contributed by atoms with Crippen LogP contribution in [-0.2, 0) is 6.54 Å². The molecule has 0 radical (unpaired) electrons. The number of nitrogens with one attached hydrogen (secondary N) is 1. The van der Waals surface area contributed by atoms with Gasteiger partial charge in [0.15, 0.2) is 0 Å². The summed E-state index contributed by atoms with van der Waals surface area (Å²) in [4.78, 5) is 42.0. The van der Waals surface area contributed by atoms with E-state index in [0.29, 0.717) is 16.7 Å². The van der Waals surface area contributed by atoms with Gasteiger partial charge in [0.2, 0.25) is 0 Å². The highest BCUT2D eigenvalue weighted by atomic mass is 16.2. The standard InChI is InChI=1S/C18H19N5O2/c1-11(2)23(18(25)15-9-19-12(3)8-20-15)10-16-21-14-7-5-4-6-13(14)17(24)22-16/h4-9,11H,10H2,1-3H3,(H,21,22,24). The Morgan fingerprint density at radius 2 is 1.96 bits per heavy atom. The lowest BCUT2D eigenvalue weighted by Crippen LogP contribution is -2.38. The Bertz CT molecular complexity index is 963. The number of nitrogens with zero attached hydrogens (tertiary/aromatic N) is 4. The van der Waals surface area contributed by atoms with Gasteiger partial charge in [0.1, 0.15) is 11.5 Å². The maximum absolute atomic E-state index is 12.8. The zero-order valence-corrected chi connectivity index (χ0v) is 14.4. The highest BCUT2D eigenvalue weighted by molar-refractivity contribution is 5.92. The first-order chi connectivity index (χ1) is 12.0. The molecule has 1 N–H and O–H groups in total. The van der Waals surface area contributed by atoms with Crippen LogP contribution in [0.5, 0.6) is 0 Å². The van der Waals surface area contributed by atoms with Crippen LogP contribution in [0.15, 0.2) is 41.5 Å². The molecular weight excluding hydrogens is 318 g/mol. The number of rotatable bonds is 4. The summed E-state index contributed by atoms with van der Waals surface area (Å²) in [5.41, 5.74) is 1.40. The van der Waals surface area contributed by atoms with E-state index in [9.17, 15) is 9.59 Å². The van der Waals surface area contributed by atoms with Gasteiger partial charge in [-0.2, -0.15) is 0 Å². The largest absolute Gasteiger partial charge is 0.327 e. The zero-order valence-electron chi connectivity index (χ0n) is 14.4. The van der Waals surface area contributed by atoms with E-state index in [-0.39, 0.29) is 29.7 Å². The molecule has 0 atom stereocenters. The van der Waals surface area contributed by atoms with Crippen molar-refractivity contribution in [3.63, 3.8) is 0 Å². The van der Waals surface area contributed by atoms with Crippen molar-refractivity contribution >= 4 is 16.8 Å². The molecule has 0 unspecified atom stereocenters. The van der Waals surface area contributed by atoms with Gasteiger partial charge in [0, 0.05) is 12.2 Å². The minimum Gasteiger partial charge on any atom is -0.327 e. The van der Waals surface area contributed by atoms with Crippen LogP contribution >= 0.6 is 0 Å². The molecule has 3 aromatic rings. The van der Waals surface area contributed by atoms with Gasteiger partial charge in [0.25, 0.3) is 11.5 Å². The molecule has 0 aliphatic carbocycles. The van der Waals surface area contributed by atoms with Crippen LogP contribution in [-0.4, -0.2) is 36.8 Å². The number of benzene rings is 1. The molecule has 0 bridgehead atoms. The molecule has 0 saturated carbocycles. The fraction of sp³-hybridized carbons (Fsp3) is 0.278. The van der Waals surface area contributed by atoms with E-state index in [1.165, 1.54) is 6.20 Å². The number of aromatic nitrogens is 4. The Morgan fingerprint density at radius 3 is 2.64 bits per heavy atom. The van der Waals surface area contributed by atoms with Crippen LogP contribution in [0.2, 0.25) is 0 Å². The minimum absolute atomic E-state index is 0.0904. The number of hydrogen-bond acceptors (Lipinski definition) is 5. The Labute approximate surface area is 144 Å². The maximum Gasteiger partial charge on any atom is 0.274 e. The van der Waals surface area contributed by atoms with Crippen LogP contribution in [0.1, 0.15) is 35.9 Å². The van der Waals surface area contributed by atoms with E-state index in [2.05, 4.69) is 19.9 Å². The first-order valence-corrected chi connectivity index (χ1v) is 8.03. The molecule has 128 valence electrons. The monoisotopic (exact) mass is 337 g/mol. The summed E-state index contributed by atoms with van der Waals surface area (Å²) >= 11 is 0. The molecule has 25 heavy (non-hydrogen) atoms. The predicted molar refractivity (Wildman–Crippen MR) is 94.1 cm³/mol. The molecule has 7 nitrogen and oxygen atoms in total. The molecule has 7 heteroatoms. The normalized spacial score (nSPS) is 11.0. The van der Waals surface area contributed by atoms with Crippen LogP contribution in [0.4, 0.5) is 0 Å². The maximum atomic E-state index is 12.8. The van der Waals surface area contributed by atoms with E-state index in [1.807, 2.05) is 26.8 Å². The van der Waals surface area contributed by atoms with Gasteiger partial charge in [-0.1, -0.05) is 12.1 Å². The molecular formula is C18H19N5O2. The van der Waals surface area contributed by atoms with Crippen molar-refractivity contribution in [1.29, 1.82) is 0 Å². The van der Waals surface area contributed by atoms with E-state index < -0.39 is 0 Å². The Balaban J connectivity index is 1.93. The van der Waals surface area contributed by atoms with Crippen molar-refractivity contribution in [2.24, 2.45) is 0 Å². The van der Waals surface area contributed by atoms with Crippen LogP contribution in [0.25, 0.3) is 10.9 Å². The van der Waals surface area contributed by atoms with E-state index in [1.54, 1.807) is 29.3 Å². The summed E-state index contributed by atoms with van der Waals surface area (Å²) in [6.07, 6.45) is 3.02. The lowest BCUT2D eigenvalue weighted by atomic mass is 10.2. The fourth-order valence-corrected chi connectivity index (χ4v) is 2.51. The van der Waals surface area contributed by atoms with Crippen molar-refractivity contribution in [2.45, 2.75) is 33.4 Å². The number of aromatic amines is 1. The molecule has 0 aliphatic rings. The molecule has 0 fully saturated rings. The average molecular weight is 337 g/mol. The van der Waals surface area contributed by atoms with Crippen LogP contribution in [0, 0.1) is 6.92 Å². The lowest BCUT2D eigenvalue weighted by molar-refractivity contribution is 0.0678. The molecule has 0 spiro atoms. The Morgan fingerprint density at radius 1 is 1.20 bits per heavy atom. The number of H-pyrrole nitrogens is 1. The second-order valence-corrected chi connectivity index (χ2v) is 6.10. The second kappa shape index (κ2) is 6.80. The molecule has 3 rings (SSSR count). The van der Waals surface area contributed by atoms with Crippen molar-refractivity contribution < 1.29 is 4.79 Å². The van der Waals surface area contributed by atoms with Gasteiger partial charge in [0.05, 0.1) is 29.3 Å². The molecule has 0 saturated heterocycles. The number of fused-ring (bicyclic) bond motifs is 1. The third-order valence-electron chi connectivity index (χ3n) is 3.87. The smallest absolute Gasteiger partial charge is 0.274 e. The van der Waals surface area contributed by atoms with Gasteiger partial charge < -0.3 is 9.88 Å². The Hall–Kier alpha value is -3.09. The minimum atomic E-state index is -0.252. The summed E-state index contributed by atoms with van der Waals surface area (Å²) in [7, 11) is 0. The van der Waals surface area contributed by atoms with Crippen LogP contribution in [0.3, 0.4) is 0 Å². The number of amides is 1. The van der Waals surface area contributed by atoms with Gasteiger partial charge in [-0.25, -0.2) is 9.97 Å². The fourth-order valence-electron chi connectivity index (χ4n) is 2.51. The molecule has 1 amide bonds. The number of aryl methyl sites for hydroxylation is 1. The third kappa shape index (κ3) is 3.55. The van der Waals surface area contributed by atoms with E-state index in [4.69, 9.17) is 0 Å². The second-order valence-electron chi connectivity index (χ2n) is 6.10. The van der Waals surface area contributed by atoms with Crippen molar-refractivity contribution in [3.05, 3.63) is 64.2 Å². The summed E-state index contributed by atoms with van der Waals surface area (Å²) in [6.45, 7) is 5.80. The first kappa shape index (κ1) is 16.8. The van der Waals surface area contributed by atoms with Crippen molar-refractivity contribution in [1.82, 2.24) is 24.8 Å². The summed E-state index contributed by atoms with van der Waals surface area (Å²) in [5.74, 6) is 0.184. The Kier molecular flexibility index (Phi) is 4.56. The highest BCUT2D eigenvalue weighted by Crippen LogP contribution is 2.11. The molecule has 2 aromatic heterocycles. The van der Waals surface area contributed by atoms with Crippen molar-refractivity contribution in [3.8, 4) is 0 Å². The third-order valence-corrected chi connectivity index (χ3v) is 3.87. The summed E-state index contributed by atoms with van der Waals surface area (Å²) in [5, 5.41) is 0.526. The number of carbonyl (C=O) groups excluding carboxylic acids is 1. The molecule has 0 aliphatic heterocycles. The van der Waals surface area contributed by atoms with Gasteiger partial charge >= 0.3 is 0 Å². The van der Waals surface area contributed by atoms with E-state index >= 15 is 0 Å². The summed E-state index contributed by atoms with van der Waals surface area (Å²) in [6, 6.07) is 7.02. The van der Waals surface area contributed by atoms with Gasteiger partial charge in [-0.3, -0.25) is 14.6 Å². The number of hydrogen-bond donors (Lipinski definition) is 1. The molecule has 1 aromatic carbocycles. The highest BCUT2D eigenvalue weighted by Gasteiger charge is 2.21. The zero-order chi connectivity index (χ0) is 18.0. The SMILES string of the molecule is Cc1cnc(C(=O)N(Cc2nc3ccccc3c(=O)[nH]2)C(C)C)cn1. The van der Waals surface area contributed by atoms with E-state index in [0.717, 1.165) is 5.69 Å². The van der Waals surface area contributed by atoms with Gasteiger partial charge in [-0.05, 0) is 32.9 Å². The molecule has 2 heterocycles. The first-order valence-electron chi connectivity index (χ1n) is 8.03. The summed E-state index contributed by atoms with van der Waals surface area (Å²) < 4.78 is 0. The average Bonchev–Trinajstić information content (AvgIpc) is 2.59. The predicted octanol–water partition coefficient (Wildman–Crippen LogP) is 2.07. The van der Waals surface area contributed by atoms with Gasteiger partial charge in [-0.15, -0.1) is 0 Å². The number of para-hydroxylation sites is 1. The number of carbonyl (C=O) groups is 1. The van der Waals surface area contributed by atoms with Crippen molar-refractivity contribution in [2.75, 3.05) is 0 Å².